The van der Waals surface area contributed by atoms with Crippen molar-refractivity contribution in [3.8, 4) is 17.2 Å². The van der Waals surface area contributed by atoms with Crippen LogP contribution >= 0.6 is 11.6 Å². The van der Waals surface area contributed by atoms with Crippen LogP contribution in [0.3, 0.4) is 0 Å². The summed E-state index contributed by atoms with van der Waals surface area (Å²) < 4.78 is 5.00. The summed E-state index contributed by atoms with van der Waals surface area (Å²) in [5, 5.41) is 19.8. The third-order valence-corrected chi connectivity index (χ3v) is 3.08. The lowest BCUT2D eigenvalue weighted by molar-refractivity contribution is 0.104. The van der Waals surface area contributed by atoms with Gasteiger partial charge >= 0.3 is 0 Å². The van der Waals surface area contributed by atoms with Crippen LogP contribution in [0.2, 0.25) is 5.02 Å². The van der Waals surface area contributed by atoms with Gasteiger partial charge < -0.3 is 14.9 Å². The molecule has 0 fully saturated rings. The summed E-state index contributed by atoms with van der Waals surface area (Å²) in [6.07, 6.45) is 2.92. The zero-order valence-corrected chi connectivity index (χ0v) is 12.0. The van der Waals surface area contributed by atoms with Gasteiger partial charge in [0.05, 0.1) is 7.11 Å². The first-order valence-corrected chi connectivity index (χ1v) is 6.47. The minimum Gasteiger partial charge on any atom is -0.508 e. The van der Waals surface area contributed by atoms with Gasteiger partial charge in [0.25, 0.3) is 0 Å². The lowest BCUT2D eigenvalue weighted by atomic mass is 10.1. The van der Waals surface area contributed by atoms with Crippen molar-refractivity contribution in [2.45, 2.75) is 0 Å². The molecule has 0 spiro atoms. The molecule has 0 heterocycles. The Morgan fingerprint density at radius 1 is 1.19 bits per heavy atom. The number of phenolic OH excluding ortho intramolecular Hbond substituents is 2. The first kappa shape index (κ1) is 14.9. The SMILES string of the molecule is COc1cc(O)cc(O)c1C(=O)/C=C/c1ccc(Cl)cc1. The smallest absolute Gasteiger partial charge is 0.193 e. The molecule has 2 N–H and O–H groups in total. The first-order chi connectivity index (χ1) is 10.0. The minimum absolute atomic E-state index is 0.000475. The summed E-state index contributed by atoms with van der Waals surface area (Å²) in [6, 6.07) is 9.31. The van der Waals surface area contributed by atoms with E-state index in [0.29, 0.717) is 5.02 Å². The predicted octanol–water partition coefficient (Wildman–Crippen LogP) is 3.66. The number of carbonyl (C=O) groups is 1. The molecule has 0 atom stereocenters. The second-order valence-corrected chi connectivity index (χ2v) is 4.73. The number of phenols is 2. The first-order valence-electron chi connectivity index (χ1n) is 6.09. The van der Waals surface area contributed by atoms with Crippen LogP contribution in [0.5, 0.6) is 17.2 Å². The number of aromatic hydroxyl groups is 2. The molecule has 0 saturated heterocycles. The maximum absolute atomic E-state index is 12.2. The fourth-order valence-corrected chi connectivity index (χ4v) is 1.95. The third-order valence-electron chi connectivity index (χ3n) is 2.83. The van der Waals surface area contributed by atoms with Crippen LogP contribution in [0.15, 0.2) is 42.5 Å². The monoisotopic (exact) mass is 304 g/mol. The molecule has 0 unspecified atom stereocenters. The molecule has 108 valence electrons. The van der Waals surface area contributed by atoms with E-state index in [-0.39, 0.29) is 22.8 Å². The minimum atomic E-state index is -0.431. The molecule has 0 bridgehead atoms. The van der Waals surface area contributed by atoms with Gasteiger partial charge in [-0.1, -0.05) is 29.8 Å². The highest BCUT2D eigenvalue weighted by Crippen LogP contribution is 2.33. The maximum Gasteiger partial charge on any atom is 0.193 e. The van der Waals surface area contributed by atoms with Crippen molar-refractivity contribution in [3.63, 3.8) is 0 Å². The average Bonchev–Trinajstić information content (AvgIpc) is 2.45. The Morgan fingerprint density at radius 3 is 2.48 bits per heavy atom. The van der Waals surface area contributed by atoms with E-state index in [0.717, 1.165) is 11.6 Å². The molecule has 0 aliphatic heterocycles. The second kappa shape index (κ2) is 6.33. The molecule has 2 aromatic carbocycles. The molecule has 21 heavy (non-hydrogen) atoms. The highest BCUT2D eigenvalue weighted by molar-refractivity contribution is 6.30. The third kappa shape index (κ3) is 3.55. The number of benzene rings is 2. The molecule has 2 aromatic rings. The van der Waals surface area contributed by atoms with Gasteiger partial charge in [-0.15, -0.1) is 0 Å². The number of carbonyl (C=O) groups excluding carboxylic acids is 1. The number of rotatable bonds is 4. The standard InChI is InChI=1S/C16H13ClO4/c1-21-15-9-12(18)8-14(20)16(15)13(19)7-4-10-2-5-11(17)6-3-10/h2-9,18,20H,1H3/b7-4+. The van der Waals surface area contributed by atoms with Gasteiger partial charge in [0.15, 0.2) is 5.78 Å². The van der Waals surface area contributed by atoms with E-state index in [4.69, 9.17) is 16.3 Å². The Kier molecular flexibility index (Phi) is 4.50. The molecular formula is C16H13ClO4. The molecule has 0 saturated carbocycles. The van der Waals surface area contributed by atoms with Gasteiger partial charge in [-0.2, -0.15) is 0 Å². The van der Waals surface area contributed by atoms with Crippen molar-refractivity contribution in [1.29, 1.82) is 0 Å². The van der Waals surface area contributed by atoms with E-state index in [1.165, 1.54) is 19.3 Å². The normalized spacial score (nSPS) is 10.8. The Balaban J connectivity index is 2.30. The number of allylic oxidation sites excluding steroid dienone is 1. The maximum atomic E-state index is 12.2. The number of hydrogen-bond donors (Lipinski definition) is 2. The van der Waals surface area contributed by atoms with Crippen LogP contribution in [-0.2, 0) is 0 Å². The van der Waals surface area contributed by atoms with Crippen LogP contribution in [0, 0.1) is 0 Å². The fourth-order valence-electron chi connectivity index (χ4n) is 1.82. The summed E-state index contributed by atoms with van der Waals surface area (Å²) >= 11 is 5.78. The average molecular weight is 305 g/mol. The Morgan fingerprint density at radius 2 is 1.86 bits per heavy atom. The highest BCUT2D eigenvalue weighted by Gasteiger charge is 2.16. The van der Waals surface area contributed by atoms with Crippen LogP contribution in [0.25, 0.3) is 6.08 Å². The van der Waals surface area contributed by atoms with E-state index in [2.05, 4.69) is 0 Å². The largest absolute Gasteiger partial charge is 0.508 e. The molecule has 0 radical (unpaired) electrons. The number of hydrogen-bond acceptors (Lipinski definition) is 4. The van der Waals surface area contributed by atoms with E-state index in [9.17, 15) is 15.0 Å². The quantitative estimate of drug-likeness (QED) is 0.668. The molecule has 0 aliphatic carbocycles. The van der Waals surface area contributed by atoms with Gasteiger partial charge in [-0.25, -0.2) is 0 Å². The fraction of sp³-hybridized carbons (Fsp3) is 0.0625. The lowest BCUT2D eigenvalue weighted by Crippen LogP contribution is -1.99. The summed E-state index contributed by atoms with van der Waals surface area (Å²) in [6.45, 7) is 0. The van der Waals surface area contributed by atoms with Gasteiger partial charge in [-0.3, -0.25) is 4.79 Å². The van der Waals surface area contributed by atoms with Crippen molar-refractivity contribution in [1.82, 2.24) is 0 Å². The molecule has 0 amide bonds. The van der Waals surface area contributed by atoms with E-state index < -0.39 is 5.78 Å². The lowest BCUT2D eigenvalue weighted by Gasteiger charge is -2.08. The number of ether oxygens (including phenoxy) is 1. The Hall–Kier alpha value is -2.46. The van der Waals surface area contributed by atoms with E-state index >= 15 is 0 Å². The zero-order valence-electron chi connectivity index (χ0n) is 11.2. The van der Waals surface area contributed by atoms with Gasteiger partial charge in [-0.05, 0) is 23.8 Å². The van der Waals surface area contributed by atoms with Crippen molar-refractivity contribution in [2.75, 3.05) is 7.11 Å². The predicted molar refractivity (Wildman–Crippen MR) is 81.1 cm³/mol. The van der Waals surface area contributed by atoms with E-state index in [1.54, 1.807) is 30.3 Å². The van der Waals surface area contributed by atoms with E-state index in [1.807, 2.05) is 0 Å². The molecule has 2 rings (SSSR count). The molecule has 0 aliphatic rings. The molecule has 5 heteroatoms. The number of halogens is 1. The highest BCUT2D eigenvalue weighted by atomic mass is 35.5. The summed E-state index contributed by atoms with van der Waals surface area (Å²) in [4.78, 5) is 12.2. The van der Waals surface area contributed by atoms with Crippen molar-refractivity contribution in [3.05, 3.63) is 58.6 Å². The van der Waals surface area contributed by atoms with Crippen LogP contribution in [-0.4, -0.2) is 23.1 Å². The van der Waals surface area contributed by atoms with Crippen LogP contribution in [0.4, 0.5) is 0 Å². The summed E-state index contributed by atoms with van der Waals surface area (Å²) in [7, 11) is 1.36. The van der Waals surface area contributed by atoms with Crippen LogP contribution < -0.4 is 4.74 Å². The molecular weight excluding hydrogens is 292 g/mol. The topological polar surface area (TPSA) is 66.8 Å². The summed E-state index contributed by atoms with van der Waals surface area (Å²) in [5.74, 6) is -0.835. The van der Waals surface area contributed by atoms with Crippen LogP contribution in [0.1, 0.15) is 15.9 Å². The van der Waals surface area contributed by atoms with Gasteiger partial charge in [0.1, 0.15) is 22.8 Å². The van der Waals surface area contributed by atoms with Crippen molar-refractivity contribution >= 4 is 23.5 Å². The number of ketones is 1. The number of methoxy groups -OCH3 is 1. The second-order valence-electron chi connectivity index (χ2n) is 4.29. The van der Waals surface area contributed by atoms with Gasteiger partial charge in [0.2, 0.25) is 0 Å². The molecule has 0 aromatic heterocycles. The van der Waals surface area contributed by atoms with Gasteiger partial charge in [0, 0.05) is 17.2 Å². The molecule has 4 nitrogen and oxygen atoms in total. The summed E-state index contributed by atoms with van der Waals surface area (Å²) in [5.41, 5.74) is 0.797. The Bertz CT molecular complexity index is 690. The Labute approximate surface area is 126 Å². The van der Waals surface area contributed by atoms with Crippen molar-refractivity contribution < 1.29 is 19.7 Å². The van der Waals surface area contributed by atoms with Crippen molar-refractivity contribution in [2.24, 2.45) is 0 Å². The zero-order chi connectivity index (χ0) is 15.4.